The minimum absolute atomic E-state index is 0.119. The van der Waals surface area contributed by atoms with Crippen molar-refractivity contribution in [3.8, 4) is 0 Å². The number of carbonyl (C=O) groups is 1. The summed E-state index contributed by atoms with van der Waals surface area (Å²) in [4.78, 5) is 14.0. The summed E-state index contributed by atoms with van der Waals surface area (Å²) in [5.41, 5.74) is 1.47. The number of nitrogens with one attached hydrogen (secondary N) is 1. The Kier molecular flexibility index (Phi) is 4.53. The highest BCUT2D eigenvalue weighted by Gasteiger charge is 2.17. The number of amides is 1. The molecule has 106 valence electrons. The van der Waals surface area contributed by atoms with Gasteiger partial charge in [-0.05, 0) is 26.6 Å². The molecular formula is C15H19N3O2. The summed E-state index contributed by atoms with van der Waals surface area (Å²) in [6, 6.07) is 11.8. The molecule has 1 N–H and O–H groups in total. The molecule has 0 bridgehead atoms. The Labute approximate surface area is 118 Å². The Morgan fingerprint density at radius 2 is 2.05 bits per heavy atom. The van der Waals surface area contributed by atoms with Crippen LogP contribution in [-0.2, 0) is 0 Å². The molecule has 1 atom stereocenters. The Morgan fingerprint density at radius 1 is 1.35 bits per heavy atom. The van der Waals surface area contributed by atoms with E-state index in [0.29, 0.717) is 18.0 Å². The highest BCUT2D eigenvalue weighted by molar-refractivity contribution is 5.92. The molecule has 0 fully saturated rings. The van der Waals surface area contributed by atoms with E-state index >= 15 is 0 Å². The minimum Gasteiger partial charge on any atom is -0.361 e. The molecule has 5 nitrogen and oxygen atoms in total. The summed E-state index contributed by atoms with van der Waals surface area (Å²) in [5.74, 6) is 0.409. The van der Waals surface area contributed by atoms with Crippen molar-refractivity contribution in [2.45, 2.75) is 13.0 Å². The van der Waals surface area contributed by atoms with Crippen LogP contribution < -0.4 is 5.32 Å². The van der Waals surface area contributed by atoms with Crippen LogP contribution in [0.4, 0.5) is 0 Å². The molecule has 5 heteroatoms. The van der Waals surface area contributed by atoms with E-state index < -0.39 is 0 Å². The fourth-order valence-corrected chi connectivity index (χ4v) is 2.03. The number of aromatic nitrogens is 1. The maximum atomic E-state index is 12.0. The average molecular weight is 273 g/mol. The first-order valence-electron chi connectivity index (χ1n) is 6.51. The zero-order valence-corrected chi connectivity index (χ0v) is 12.0. The van der Waals surface area contributed by atoms with Gasteiger partial charge < -0.3 is 14.7 Å². The second-order valence-corrected chi connectivity index (χ2v) is 4.92. The standard InChI is InChI=1S/C15H19N3O2/c1-11-9-13(17-20-11)15(19)16-10-14(18(2)3)12-7-5-4-6-8-12/h4-9,14H,10H2,1-3H3,(H,16,19)/t14-/m1/s1. The summed E-state index contributed by atoms with van der Waals surface area (Å²) in [7, 11) is 3.98. The molecule has 0 aliphatic rings. The van der Waals surface area contributed by atoms with Crippen molar-refractivity contribution >= 4 is 5.91 Å². The molecule has 0 unspecified atom stereocenters. The van der Waals surface area contributed by atoms with Crippen LogP contribution in [0.1, 0.15) is 27.9 Å². The highest BCUT2D eigenvalue weighted by Crippen LogP contribution is 2.16. The van der Waals surface area contributed by atoms with E-state index in [9.17, 15) is 4.79 Å². The van der Waals surface area contributed by atoms with Crippen LogP contribution >= 0.6 is 0 Å². The van der Waals surface area contributed by atoms with Crippen LogP contribution in [0.25, 0.3) is 0 Å². The smallest absolute Gasteiger partial charge is 0.273 e. The van der Waals surface area contributed by atoms with Gasteiger partial charge in [-0.15, -0.1) is 0 Å². The number of nitrogens with zero attached hydrogens (tertiary/aromatic N) is 2. The average Bonchev–Trinajstić information content (AvgIpc) is 2.86. The molecule has 0 aliphatic heterocycles. The normalized spacial score (nSPS) is 12.4. The van der Waals surface area contributed by atoms with Gasteiger partial charge in [-0.1, -0.05) is 35.5 Å². The van der Waals surface area contributed by atoms with E-state index in [0.717, 1.165) is 5.56 Å². The Hall–Kier alpha value is -2.14. The molecule has 2 rings (SSSR count). The number of hydrogen-bond acceptors (Lipinski definition) is 4. The second kappa shape index (κ2) is 6.34. The second-order valence-electron chi connectivity index (χ2n) is 4.92. The van der Waals surface area contributed by atoms with Crippen LogP contribution in [0.2, 0.25) is 0 Å². The molecule has 0 saturated carbocycles. The van der Waals surface area contributed by atoms with Crippen molar-refractivity contribution in [3.05, 3.63) is 53.4 Å². The summed E-state index contributed by atoms with van der Waals surface area (Å²) >= 11 is 0. The molecule has 0 spiro atoms. The van der Waals surface area contributed by atoms with Crippen molar-refractivity contribution in [3.63, 3.8) is 0 Å². The first-order valence-corrected chi connectivity index (χ1v) is 6.51. The van der Waals surface area contributed by atoms with Crippen molar-refractivity contribution < 1.29 is 9.32 Å². The number of aryl methyl sites for hydroxylation is 1. The van der Waals surface area contributed by atoms with Gasteiger partial charge in [0.15, 0.2) is 5.69 Å². The van der Waals surface area contributed by atoms with Gasteiger partial charge in [0.1, 0.15) is 5.76 Å². The topological polar surface area (TPSA) is 58.4 Å². The van der Waals surface area contributed by atoms with E-state index in [-0.39, 0.29) is 11.9 Å². The fourth-order valence-electron chi connectivity index (χ4n) is 2.03. The third-order valence-corrected chi connectivity index (χ3v) is 3.12. The lowest BCUT2D eigenvalue weighted by atomic mass is 10.1. The Morgan fingerprint density at radius 3 is 2.60 bits per heavy atom. The summed E-state index contributed by atoms with van der Waals surface area (Å²) in [6.45, 7) is 2.28. The SMILES string of the molecule is Cc1cc(C(=O)NC[C@H](c2ccccc2)N(C)C)no1. The predicted octanol–water partition coefficient (Wildman–Crippen LogP) is 2.02. The van der Waals surface area contributed by atoms with Gasteiger partial charge in [-0.3, -0.25) is 4.79 Å². The first kappa shape index (κ1) is 14.3. The Balaban J connectivity index is 2.01. The number of benzene rings is 1. The number of likely N-dealkylation sites (N-methyl/N-ethyl adjacent to an activating group) is 1. The molecule has 20 heavy (non-hydrogen) atoms. The number of rotatable bonds is 5. The zero-order valence-electron chi connectivity index (χ0n) is 12.0. The van der Waals surface area contributed by atoms with Gasteiger partial charge in [0.05, 0.1) is 6.04 Å². The van der Waals surface area contributed by atoms with Gasteiger partial charge in [0, 0.05) is 12.6 Å². The van der Waals surface area contributed by atoms with Crippen molar-refractivity contribution in [2.75, 3.05) is 20.6 Å². The minimum atomic E-state index is -0.218. The molecule has 0 radical (unpaired) electrons. The maximum absolute atomic E-state index is 12.0. The van der Waals surface area contributed by atoms with E-state index in [4.69, 9.17) is 4.52 Å². The lowest BCUT2D eigenvalue weighted by Gasteiger charge is -2.24. The lowest BCUT2D eigenvalue weighted by Crippen LogP contribution is -2.34. The van der Waals surface area contributed by atoms with E-state index in [1.165, 1.54) is 0 Å². The highest BCUT2D eigenvalue weighted by atomic mass is 16.5. The third kappa shape index (κ3) is 3.45. The predicted molar refractivity (Wildman–Crippen MR) is 76.4 cm³/mol. The van der Waals surface area contributed by atoms with Crippen LogP contribution in [-0.4, -0.2) is 36.6 Å². The number of carbonyl (C=O) groups excluding carboxylic acids is 1. The quantitative estimate of drug-likeness (QED) is 0.905. The van der Waals surface area contributed by atoms with Gasteiger partial charge >= 0.3 is 0 Å². The van der Waals surface area contributed by atoms with Crippen molar-refractivity contribution in [1.82, 2.24) is 15.4 Å². The van der Waals surface area contributed by atoms with Crippen LogP contribution in [0.3, 0.4) is 0 Å². The van der Waals surface area contributed by atoms with Crippen LogP contribution in [0.5, 0.6) is 0 Å². The van der Waals surface area contributed by atoms with Gasteiger partial charge in [-0.25, -0.2) is 0 Å². The van der Waals surface area contributed by atoms with Gasteiger partial charge in [0.25, 0.3) is 5.91 Å². The fraction of sp³-hybridized carbons (Fsp3) is 0.333. The van der Waals surface area contributed by atoms with Crippen LogP contribution in [0, 0.1) is 6.92 Å². The largest absolute Gasteiger partial charge is 0.361 e. The van der Waals surface area contributed by atoms with E-state index in [2.05, 4.69) is 27.5 Å². The van der Waals surface area contributed by atoms with Crippen LogP contribution in [0.15, 0.2) is 40.9 Å². The monoisotopic (exact) mass is 273 g/mol. The molecule has 0 aliphatic carbocycles. The third-order valence-electron chi connectivity index (χ3n) is 3.12. The first-order chi connectivity index (χ1) is 9.58. The van der Waals surface area contributed by atoms with Crippen molar-refractivity contribution in [2.24, 2.45) is 0 Å². The van der Waals surface area contributed by atoms with Gasteiger partial charge in [0.2, 0.25) is 0 Å². The van der Waals surface area contributed by atoms with E-state index in [1.807, 2.05) is 32.3 Å². The molecular weight excluding hydrogens is 254 g/mol. The summed E-state index contributed by atoms with van der Waals surface area (Å²) in [5, 5.41) is 6.60. The number of hydrogen-bond donors (Lipinski definition) is 1. The molecule has 1 aromatic carbocycles. The summed E-state index contributed by atoms with van der Waals surface area (Å²) < 4.78 is 4.90. The summed E-state index contributed by atoms with van der Waals surface area (Å²) in [6.07, 6.45) is 0. The van der Waals surface area contributed by atoms with Crippen molar-refractivity contribution in [1.29, 1.82) is 0 Å². The van der Waals surface area contributed by atoms with Gasteiger partial charge in [-0.2, -0.15) is 0 Å². The molecule has 0 saturated heterocycles. The Bertz CT molecular complexity index is 564. The molecule has 1 amide bonds. The molecule has 2 aromatic rings. The molecule has 1 aromatic heterocycles. The molecule has 1 heterocycles. The lowest BCUT2D eigenvalue weighted by molar-refractivity contribution is 0.0933. The zero-order chi connectivity index (χ0) is 14.5. The maximum Gasteiger partial charge on any atom is 0.273 e. The van der Waals surface area contributed by atoms with E-state index in [1.54, 1.807) is 13.0 Å².